The monoisotopic (exact) mass is 300 g/mol. The molecule has 0 unspecified atom stereocenters. The van der Waals surface area contributed by atoms with Crippen molar-refractivity contribution in [2.75, 3.05) is 5.32 Å². The van der Waals surface area contributed by atoms with Crippen LogP contribution in [-0.2, 0) is 0 Å². The molecule has 0 fully saturated rings. The van der Waals surface area contributed by atoms with Crippen molar-refractivity contribution in [3.63, 3.8) is 0 Å². The van der Waals surface area contributed by atoms with Crippen molar-refractivity contribution in [2.45, 2.75) is 0 Å². The molecule has 110 valence electrons. The van der Waals surface area contributed by atoms with Crippen LogP contribution in [0.5, 0.6) is 0 Å². The van der Waals surface area contributed by atoms with E-state index in [-0.39, 0.29) is 10.9 Å². The van der Waals surface area contributed by atoms with Crippen molar-refractivity contribution >= 4 is 28.2 Å². The van der Waals surface area contributed by atoms with Crippen molar-refractivity contribution < 1.29 is 18.7 Å². The largest absolute Gasteiger partial charge is 0.478 e. The molecule has 22 heavy (non-hydrogen) atoms. The topological polar surface area (TPSA) is 62.2 Å². The third-order valence-corrected chi connectivity index (χ3v) is 3.19. The number of halogens is 2. The van der Waals surface area contributed by atoms with E-state index in [2.05, 4.69) is 10.3 Å². The Balaban J connectivity index is 2.02. The lowest BCUT2D eigenvalue weighted by Gasteiger charge is -2.09. The molecule has 6 heteroatoms. The molecule has 0 bridgehead atoms. The summed E-state index contributed by atoms with van der Waals surface area (Å²) in [6.45, 7) is 0. The van der Waals surface area contributed by atoms with Gasteiger partial charge in [0.25, 0.3) is 0 Å². The summed E-state index contributed by atoms with van der Waals surface area (Å²) in [5.74, 6) is -2.10. The lowest BCUT2D eigenvalue weighted by molar-refractivity contribution is 0.0697. The zero-order valence-corrected chi connectivity index (χ0v) is 11.2. The Morgan fingerprint density at radius 1 is 1.05 bits per heavy atom. The van der Waals surface area contributed by atoms with Gasteiger partial charge >= 0.3 is 5.97 Å². The molecule has 1 aromatic heterocycles. The van der Waals surface area contributed by atoms with Crippen molar-refractivity contribution in [2.24, 2.45) is 0 Å². The highest BCUT2D eigenvalue weighted by Gasteiger charge is 2.09. The highest BCUT2D eigenvalue weighted by Crippen LogP contribution is 2.27. The van der Waals surface area contributed by atoms with E-state index in [0.29, 0.717) is 16.9 Å². The van der Waals surface area contributed by atoms with Crippen molar-refractivity contribution in [1.82, 2.24) is 4.98 Å². The first-order chi connectivity index (χ1) is 10.5. The Bertz CT molecular complexity index is 864. The summed E-state index contributed by atoms with van der Waals surface area (Å²) in [6, 6.07) is 9.43. The first-order valence-corrected chi connectivity index (χ1v) is 6.39. The summed E-state index contributed by atoms with van der Waals surface area (Å²) in [5.41, 5.74) is 0.711. The summed E-state index contributed by atoms with van der Waals surface area (Å²) in [6.07, 6.45) is 1.41. The Morgan fingerprint density at radius 3 is 2.45 bits per heavy atom. The third-order valence-electron chi connectivity index (χ3n) is 3.19. The second-order valence-electron chi connectivity index (χ2n) is 4.65. The van der Waals surface area contributed by atoms with Gasteiger partial charge in [-0.1, -0.05) is 0 Å². The standard InChI is InChI=1S/C16H10F2N2O2/c17-10-7-13-12(14(18)8-10)5-6-19-15(13)20-11-3-1-9(2-4-11)16(21)22/h1-8H,(H,19,20)(H,21,22). The summed E-state index contributed by atoms with van der Waals surface area (Å²) in [7, 11) is 0. The molecule has 0 saturated carbocycles. The van der Waals surface area contributed by atoms with Crippen LogP contribution in [0.4, 0.5) is 20.3 Å². The number of anilines is 2. The van der Waals surface area contributed by atoms with Gasteiger partial charge in [0.15, 0.2) is 0 Å². The van der Waals surface area contributed by atoms with E-state index in [1.54, 1.807) is 12.1 Å². The molecular weight excluding hydrogens is 290 g/mol. The normalized spacial score (nSPS) is 10.6. The molecule has 0 saturated heterocycles. The van der Waals surface area contributed by atoms with Gasteiger partial charge in [0.1, 0.15) is 17.5 Å². The average molecular weight is 300 g/mol. The molecule has 3 aromatic rings. The highest BCUT2D eigenvalue weighted by molar-refractivity contribution is 5.94. The number of nitrogens with zero attached hydrogens (tertiary/aromatic N) is 1. The third kappa shape index (κ3) is 2.58. The number of rotatable bonds is 3. The zero-order valence-electron chi connectivity index (χ0n) is 11.2. The van der Waals surface area contributed by atoms with Gasteiger partial charge in [-0.25, -0.2) is 18.6 Å². The van der Waals surface area contributed by atoms with Crippen LogP contribution in [0.1, 0.15) is 10.4 Å². The predicted molar refractivity (Wildman–Crippen MR) is 78.3 cm³/mol. The maximum atomic E-state index is 13.7. The molecule has 3 rings (SSSR count). The van der Waals surface area contributed by atoms with E-state index in [1.165, 1.54) is 30.5 Å². The molecule has 0 aliphatic carbocycles. The Labute approximate surface area is 124 Å². The molecule has 1 heterocycles. The van der Waals surface area contributed by atoms with E-state index < -0.39 is 17.6 Å². The molecule has 0 amide bonds. The Morgan fingerprint density at radius 2 is 1.77 bits per heavy atom. The minimum absolute atomic E-state index is 0.147. The second-order valence-corrected chi connectivity index (χ2v) is 4.65. The van der Waals surface area contributed by atoms with Gasteiger partial charge < -0.3 is 10.4 Å². The average Bonchev–Trinajstić information content (AvgIpc) is 2.48. The minimum atomic E-state index is -1.03. The number of hydrogen-bond acceptors (Lipinski definition) is 3. The summed E-state index contributed by atoms with van der Waals surface area (Å²) >= 11 is 0. The number of aromatic nitrogens is 1. The quantitative estimate of drug-likeness (QED) is 0.768. The number of carboxylic acid groups (broad SMARTS) is 1. The highest BCUT2D eigenvalue weighted by atomic mass is 19.1. The second kappa shape index (κ2) is 5.40. The van der Waals surface area contributed by atoms with Crippen LogP contribution in [0.2, 0.25) is 0 Å². The number of pyridine rings is 1. The predicted octanol–water partition coefficient (Wildman–Crippen LogP) is 3.95. The van der Waals surface area contributed by atoms with E-state index in [1.807, 2.05) is 0 Å². The molecule has 0 atom stereocenters. The Kier molecular flexibility index (Phi) is 3.42. The van der Waals surface area contributed by atoms with E-state index in [4.69, 9.17) is 5.11 Å². The summed E-state index contributed by atoms with van der Waals surface area (Å²) in [5, 5.41) is 12.3. The fourth-order valence-corrected chi connectivity index (χ4v) is 2.14. The van der Waals surface area contributed by atoms with E-state index in [9.17, 15) is 13.6 Å². The molecule has 0 aliphatic heterocycles. The van der Waals surface area contributed by atoms with Gasteiger partial charge in [0, 0.05) is 28.7 Å². The number of fused-ring (bicyclic) bond motifs is 1. The van der Waals surface area contributed by atoms with Crippen LogP contribution >= 0.6 is 0 Å². The van der Waals surface area contributed by atoms with Crippen LogP contribution in [0.15, 0.2) is 48.7 Å². The van der Waals surface area contributed by atoms with E-state index in [0.717, 1.165) is 6.07 Å². The SMILES string of the molecule is O=C(O)c1ccc(Nc2nccc3c(F)cc(F)cc23)cc1. The van der Waals surface area contributed by atoms with E-state index >= 15 is 0 Å². The fraction of sp³-hybridized carbons (Fsp3) is 0. The number of aromatic carboxylic acids is 1. The van der Waals surface area contributed by atoms with Gasteiger partial charge in [-0.15, -0.1) is 0 Å². The first kappa shape index (κ1) is 13.9. The minimum Gasteiger partial charge on any atom is -0.478 e. The van der Waals surface area contributed by atoms with Crippen LogP contribution in [-0.4, -0.2) is 16.1 Å². The number of carboxylic acids is 1. The lowest BCUT2D eigenvalue weighted by Crippen LogP contribution is -1.98. The van der Waals surface area contributed by atoms with Crippen molar-refractivity contribution in [3.05, 3.63) is 65.9 Å². The summed E-state index contributed by atoms with van der Waals surface area (Å²) < 4.78 is 27.1. The number of nitrogens with one attached hydrogen (secondary N) is 1. The maximum Gasteiger partial charge on any atom is 0.335 e. The lowest BCUT2D eigenvalue weighted by atomic mass is 10.1. The van der Waals surface area contributed by atoms with Crippen LogP contribution in [0.25, 0.3) is 10.8 Å². The van der Waals surface area contributed by atoms with Crippen LogP contribution in [0.3, 0.4) is 0 Å². The molecule has 0 radical (unpaired) electrons. The van der Waals surface area contributed by atoms with Crippen molar-refractivity contribution in [1.29, 1.82) is 0 Å². The molecular formula is C16H10F2N2O2. The van der Waals surface area contributed by atoms with Gasteiger partial charge in [0.2, 0.25) is 0 Å². The van der Waals surface area contributed by atoms with Gasteiger partial charge in [0.05, 0.1) is 5.56 Å². The maximum absolute atomic E-state index is 13.7. The summed E-state index contributed by atoms with van der Waals surface area (Å²) in [4.78, 5) is 14.9. The molecule has 2 N–H and O–H groups in total. The first-order valence-electron chi connectivity index (χ1n) is 6.39. The molecule has 0 spiro atoms. The van der Waals surface area contributed by atoms with Crippen molar-refractivity contribution in [3.8, 4) is 0 Å². The smallest absolute Gasteiger partial charge is 0.335 e. The van der Waals surface area contributed by atoms with Gasteiger partial charge in [-0.05, 0) is 36.4 Å². The zero-order chi connectivity index (χ0) is 15.7. The molecule has 2 aromatic carbocycles. The van der Waals surface area contributed by atoms with Gasteiger partial charge in [-0.3, -0.25) is 0 Å². The number of hydrogen-bond donors (Lipinski definition) is 2. The number of carbonyl (C=O) groups is 1. The molecule has 0 aliphatic rings. The van der Waals surface area contributed by atoms with Crippen LogP contribution in [0, 0.1) is 11.6 Å². The molecule has 4 nitrogen and oxygen atoms in total. The number of benzene rings is 2. The van der Waals surface area contributed by atoms with Crippen LogP contribution < -0.4 is 5.32 Å². The van der Waals surface area contributed by atoms with Gasteiger partial charge in [-0.2, -0.15) is 0 Å². The fourth-order valence-electron chi connectivity index (χ4n) is 2.14. The Hall–Kier alpha value is -3.02.